The van der Waals surface area contributed by atoms with Crippen molar-refractivity contribution >= 4 is 30.1 Å². The minimum atomic E-state index is 0. The minimum absolute atomic E-state index is 0. The average Bonchev–Trinajstić information content (AvgIpc) is 2.38. The number of thioether (sulfide) groups is 1. The van der Waals surface area contributed by atoms with Gasteiger partial charge in [0.05, 0.1) is 5.25 Å². The predicted molar refractivity (Wildman–Crippen MR) is 87.0 cm³/mol. The molecule has 2 N–H and O–H groups in total. The highest BCUT2D eigenvalue weighted by molar-refractivity contribution is 8.00. The van der Waals surface area contributed by atoms with Crippen LogP contribution in [0.1, 0.15) is 46.5 Å². The molecule has 1 rings (SSSR count). The number of carbonyl (C=O) groups is 1. The van der Waals surface area contributed by atoms with E-state index >= 15 is 0 Å². The van der Waals surface area contributed by atoms with Crippen LogP contribution in [-0.2, 0) is 4.79 Å². The third-order valence-corrected chi connectivity index (χ3v) is 5.03. The van der Waals surface area contributed by atoms with Crippen LogP contribution in [0.3, 0.4) is 0 Å². The van der Waals surface area contributed by atoms with E-state index in [0.717, 1.165) is 31.7 Å². The summed E-state index contributed by atoms with van der Waals surface area (Å²) in [5.74, 6) is 2.01. The second kappa shape index (κ2) is 9.89. The highest BCUT2D eigenvalue weighted by Crippen LogP contribution is 2.22. The molecule has 0 spiro atoms. The van der Waals surface area contributed by atoms with Gasteiger partial charge in [-0.3, -0.25) is 4.79 Å². The van der Waals surface area contributed by atoms with Gasteiger partial charge in [-0.05, 0) is 44.8 Å². The quantitative estimate of drug-likeness (QED) is 0.767. The van der Waals surface area contributed by atoms with E-state index in [1.54, 1.807) is 11.8 Å². The van der Waals surface area contributed by atoms with Gasteiger partial charge in [0.2, 0.25) is 5.91 Å². The SMILES string of the molecule is CCCCSC(C)C(=O)N1CCC(C(C)N)CC1.Cl. The van der Waals surface area contributed by atoms with Crippen molar-refractivity contribution in [2.75, 3.05) is 18.8 Å². The Labute approximate surface area is 128 Å². The first-order chi connectivity index (χ1) is 8.56. The van der Waals surface area contributed by atoms with Crippen LogP contribution in [0.2, 0.25) is 0 Å². The van der Waals surface area contributed by atoms with Crippen molar-refractivity contribution in [3.05, 3.63) is 0 Å². The van der Waals surface area contributed by atoms with E-state index < -0.39 is 0 Å². The number of unbranched alkanes of at least 4 members (excludes halogenated alkanes) is 1. The number of piperidine rings is 1. The second-order valence-corrected chi connectivity index (χ2v) is 6.84. The summed E-state index contributed by atoms with van der Waals surface area (Å²) in [6.45, 7) is 8.09. The first-order valence-electron chi connectivity index (χ1n) is 7.22. The van der Waals surface area contributed by atoms with E-state index in [2.05, 4.69) is 13.8 Å². The monoisotopic (exact) mass is 308 g/mol. The Hall–Kier alpha value is 0.0700. The Bertz CT molecular complexity index is 256. The molecule has 1 saturated heterocycles. The summed E-state index contributed by atoms with van der Waals surface area (Å²) in [6.07, 6.45) is 4.54. The molecule has 3 nitrogen and oxygen atoms in total. The molecule has 1 amide bonds. The summed E-state index contributed by atoms with van der Waals surface area (Å²) in [6, 6.07) is 0.263. The molecule has 0 aromatic heterocycles. The summed E-state index contributed by atoms with van der Waals surface area (Å²) >= 11 is 1.79. The lowest BCUT2D eigenvalue weighted by molar-refractivity contribution is -0.131. The number of nitrogens with two attached hydrogens (primary N) is 1. The van der Waals surface area contributed by atoms with Crippen LogP contribution in [0, 0.1) is 5.92 Å². The van der Waals surface area contributed by atoms with Crippen LogP contribution in [0.4, 0.5) is 0 Å². The average molecular weight is 309 g/mol. The number of hydrogen-bond acceptors (Lipinski definition) is 3. The van der Waals surface area contributed by atoms with E-state index in [-0.39, 0.29) is 23.7 Å². The van der Waals surface area contributed by atoms with Crippen molar-refractivity contribution in [2.45, 2.75) is 57.7 Å². The van der Waals surface area contributed by atoms with Crippen molar-refractivity contribution < 1.29 is 4.79 Å². The van der Waals surface area contributed by atoms with Crippen molar-refractivity contribution in [1.29, 1.82) is 0 Å². The highest BCUT2D eigenvalue weighted by Gasteiger charge is 2.27. The largest absolute Gasteiger partial charge is 0.342 e. The lowest BCUT2D eigenvalue weighted by atomic mass is 9.91. The number of halogens is 1. The first kappa shape index (κ1) is 19.1. The van der Waals surface area contributed by atoms with Crippen molar-refractivity contribution in [3.8, 4) is 0 Å². The summed E-state index contributed by atoms with van der Waals surface area (Å²) in [5, 5.41) is 0.114. The van der Waals surface area contributed by atoms with Crippen LogP contribution in [0.15, 0.2) is 0 Å². The molecule has 19 heavy (non-hydrogen) atoms. The van der Waals surface area contributed by atoms with Crippen molar-refractivity contribution in [3.63, 3.8) is 0 Å². The maximum Gasteiger partial charge on any atom is 0.235 e. The van der Waals surface area contributed by atoms with Crippen molar-refractivity contribution in [1.82, 2.24) is 4.90 Å². The Morgan fingerprint density at radius 2 is 1.95 bits per heavy atom. The molecule has 2 atom stereocenters. The Morgan fingerprint density at radius 1 is 1.37 bits per heavy atom. The molecule has 2 unspecified atom stereocenters. The number of rotatable bonds is 6. The molecule has 0 aromatic rings. The molecule has 0 aromatic carbocycles. The van der Waals surface area contributed by atoms with Crippen LogP contribution in [0.25, 0.3) is 0 Å². The minimum Gasteiger partial charge on any atom is -0.342 e. The Morgan fingerprint density at radius 3 is 2.42 bits per heavy atom. The molecule has 0 saturated carbocycles. The normalized spacial score (nSPS) is 19.7. The molecule has 114 valence electrons. The van der Waals surface area contributed by atoms with Crippen molar-refractivity contribution in [2.24, 2.45) is 11.7 Å². The fourth-order valence-corrected chi connectivity index (χ4v) is 3.48. The van der Waals surface area contributed by atoms with Gasteiger partial charge in [-0.15, -0.1) is 24.2 Å². The van der Waals surface area contributed by atoms with Gasteiger partial charge in [-0.25, -0.2) is 0 Å². The van der Waals surface area contributed by atoms with Gasteiger partial charge in [-0.2, -0.15) is 0 Å². The van der Waals surface area contributed by atoms with Gasteiger partial charge in [-0.1, -0.05) is 13.3 Å². The number of nitrogens with zero attached hydrogens (tertiary/aromatic N) is 1. The van der Waals surface area contributed by atoms with Crippen LogP contribution in [0.5, 0.6) is 0 Å². The van der Waals surface area contributed by atoms with E-state index in [1.165, 1.54) is 12.8 Å². The Balaban J connectivity index is 0.00000324. The number of hydrogen-bond donors (Lipinski definition) is 1. The Kier molecular flexibility index (Phi) is 9.93. The molecule has 1 aliphatic heterocycles. The highest BCUT2D eigenvalue weighted by atomic mass is 35.5. The zero-order chi connectivity index (χ0) is 13.5. The summed E-state index contributed by atoms with van der Waals surface area (Å²) in [5.41, 5.74) is 5.92. The maximum atomic E-state index is 12.2. The van der Waals surface area contributed by atoms with E-state index in [9.17, 15) is 4.79 Å². The lowest BCUT2D eigenvalue weighted by Gasteiger charge is -2.35. The number of likely N-dealkylation sites (tertiary alicyclic amines) is 1. The van der Waals surface area contributed by atoms with E-state index in [0.29, 0.717) is 11.8 Å². The smallest absolute Gasteiger partial charge is 0.235 e. The van der Waals surface area contributed by atoms with Gasteiger partial charge in [0.25, 0.3) is 0 Å². The zero-order valence-corrected chi connectivity index (χ0v) is 14.1. The molecule has 1 heterocycles. The number of carbonyl (C=O) groups excluding carboxylic acids is 1. The zero-order valence-electron chi connectivity index (χ0n) is 12.4. The third-order valence-electron chi connectivity index (χ3n) is 3.81. The molecule has 5 heteroatoms. The molecular formula is C14H29ClN2OS. The van der Waals surface area contributed by atoms with Gasteiger partial charge in [0.15, 0.2) is 0 Å². The predicted octanol–water partition coefficient (Wildman–Crippen LogP) is 2.92. The standard InChI is InChI=1S/C14H28N2OS.ClH/c1-4-5-10-18-12(3)14(17)16-8-6-13(7-9-16)11(2)15;/h11-13H,4-10,15H2,1-3H3;1H. The molecule has 0 bridgehead atoms. The summed E-state index contributed by atoms with van der Waals surface area (Å²) in [4.78, 5) is 14.3. The molecular weight excluding hydrogens is 280 g/mol. The summed E-state index contributed by atoms with van der Waals surface area (Å²) < 4.78 is 0. The second-order valence-electron chi connectivity index (χ2n) is 5.39. The molecule has 0 radical (unpaired) electrons. The molecule has 0 aliphatic carbocycles. The topological polar surface area (TPSA) is 46.3 Å². The lowest BCUT2D eigenvalue weighted by Crippen LogP contribution is -2.45. The third kappa shape index (κ3) is 6.37. The van der Waals surface area contributed by atoms with Gasteiger partial charge < -0.3 is 10.6 Å². The fourth-order valence-electron chi connectivity index (χ4n) is 2.38. The fraction of sp³-hybridized carbons (Fsp3) is 0.929. The van der Waals surface area contributed by atoms with Gasteiger partial charge in [0.1, 0.15) is 0 Å². The van der Waals surface area contributed by atoms with E-state index in [4.69, 9.17) is 5.73 Å². The molecule has 1 aliphatic rings. The maximum absolute atomic E-state index is 12.2. The van der Waals surface area contributed by atoms with Crippen LogP contribution in [-0.4, -0.2) is 40.9 Å². The summed E-state index contributed by atoms with van der Waals surface area (Å²) in [7, 11) is 0. The van der Waals surface area contributed by atoms with Gasteiger partial charge in [0, 0.05) is 19.1 Å². The van der Waals surface area contributed by atoms with E-state index in [1.807, 2.05) is 11.8 Å². The molecule has 1 fully saturated rings. The van der Waals surface area contributed by atoms with Gasteiger partial charge >= 0.3 is 0 Å². The first-order valence-corrected chi connectivity index (χ1v) is 8.27. The van der Waals surface area contributed by atoms with Crippen LogP contribution >= 0.6 is 24.2 Å². The van der Waals surface area contributed by atoms with Crippen LogP contribution < -0.4 is 5.73 Å². The number of amides is 1.